The topological polar surface area (TPSA) is 444 Å². The summed E-state index contributed by atoms with van der Waals surface area (Å²) >= 11 is 7.86. The Morgan fingerprint density at radius 1 is 0.522 bits per heavy atom. The van der Waals surface area contributed by atoms with Gasteiger partial charge in [0.15, 0.2) is 5.96 Å². The van der Waals surface area contributed by atoms with Gasteiger partial charge in [0, 0.05) is 18.1 Å². The number of carboxylic acids is 1. The molecule has 0 aromatic carbocycles. The van der Waals surface area contributed by atoms with Crippen LogP contribution in [0.5, 0.6) is 0 Å². The van der Waals surface area contributed by atoms with Gasteiger partial charge in [0.1, 0.15) is 48.3 Å². The van der Waals surface area contributed by atoms with Crippen molar-refractivity contribution in [1.82, 2.24) is 42.5 Å². The highest BCUT2D eigenvalue weighted by atomic mass is 32.1. The first-order valence-corrected chi connectivity index (χ1v) is 23.6. The average molecular weight is 1020 g/mol. The molecule has 28 heteroatoms. The Balaban J connectivity index is 6.56. The van der Waals surface area contributed by atoms with E-state index in [1.807, 2.05) is 0 Å². The SMILES string of the molecule is CC(C)C[C@H](NC(=O)[C@H](CC(C)C)NC(=O)[C@H](CC(C)C)NC(=O)[C@@H](NC(=O)[C@@H](N)CS)[C@@H](C)O)C(=O)N[C@@H](CO)C(=O)N[C@@H](CCCN=C(N)N)C(=O)N[C@@H](CC(N)=O)C(=O)N[C@@H](CS)C(=O)O. The minimum absolute atomic E-state index is 0.00978. The Morgan fingerprint density at radius 2 is 0.899 bits per heavy atom. The van der Waals surface area contributed by atoms with Crippen molar-refractivity contribution in [2.75, 3.05) is 24.7 Å². The maximum absolute atomic E-state index is 14.0. The summed E-state index contributed by atoms with van der Waals surface area (Å²) in [5, 5.41) is 49.3. The quantitative estimate of drug-likeness (QED) is 0.0126. The Morgan fingerprint density at radius 3 is 1.28 bits per heavy atom. The monoisotopic (exact) mass is 1020 g/mol. The van der Waals surface area contributed by atoms with E-state index in [9.17, 15) is 63.3 Å². The van der Waals surface area contributed by atoms with Gasteiger partial charge in [-0.15, -0.1) is 0 Å². The Labute approximate surface area is 412 Å². The fourth-order valence-corrected chi connectivity index (χ4v) is 6.73. The van der Waals surface area contributed by atoms with E-state index in [0.29, 0.717) is 0 Å². The molecule has 0 aromatic rings. The summed E-state index contributed by atoms with van der Waals surface area (Å²) in [5.41, 5.74) is 21.8. The predicted molar refractivity (Wildman–Crippen MR) is 260 cm³/mol. The standard InChI is InChI=1S/C41H75N13O13S2/c1-18(2)11-24(48-35(61)26(13-20(5)6)51-39(65)31(21(7)56)54-32(58)22(42)16-68)34(60)49-25(12-19(3)4)36(62)52-28(15-55)38(64)47-23(9-8-10-46-41(44)45)33(59)50-27(14-30(43)57)37(63)53-29(17-69)40(66)67/h18-29,31,55-56,68-69H,8-17,42H2,1-7H3,(H2,43,57)(H,47,64)(H,48,61)(H,49,60)(H,50,59)(H,51,65)(H,52,62)(H,53,63)(H,54,58)(H,66,67)(H4,44,45,46)/t21-,22+,23+,24+,25+,26+,27+,28+,29+,31+/m1/s1. The summed E-state index contributed by atoms with van der Waals surface area (Å²) in [4.78, 5) is 135. The molecule has 0 spiro atoms. The molecule has 0 bridgehead atoms. The number of guanidine groups is 1. The first-order valence-electron chi connectivity index (χ1n) is 22.3. The van der Waals surface area contributed by atoms with Crippen LogP contribution in [-0.4, -0.2) is 166 Å². The van der Waals surface area contributed by atoms with E-state index in [1.54, 1.807) is 41.5 Å². The van der Waals surface area contributed by atoms with Gasteiger partial charge in [-0.3, -0.25) is 48.1 Å². The number of nitrogens with zero attached hydrogens (tertiary/aromatic N) is 1. The lowest BCUT2D eigenvalue weighted by atomic mass is 9.98. The molecule has 0 aliphatic heterocycles. The van der Waals surface area contributed by atoms with Gasteiger partial charge in [0.25, 0.3) is 0 Å². The van der Waals surface area contributed by atoms with Crippen LogP contribution in [0.4, 0.5) is 0 Å². The number of nitrogens with two attached hydrogens (primary N) is 4. The van der Waals surface area contributed by atoms with Gasteiger partial charge >= 0.3 is 5.97 Å². The first kappa shape index (κ1) is 63.5. The Hall–Kier alpha value is -5.45. The lowest BCUT2D eigenvalue weighted by molar-refractivity contribution is -0.141. The Bertz CT molecular complexity index is 1790. The number of aliphatic carboxylic acids is 1. The second kappa shape index (κ2) is 32.4. The number of carboxylic acid groups (broad SMARTS) is 1. The molecule has 0 saturated carbocycles. The van der Waals surface area contributed by atoms with Crippen molar-refractivity contribution in [2.24, 2.45) is 45.7 Å². The van der Waals surface area contributed by atoms with Crippen molar-refractivity contribution >= 4 is 90.4 Å². The van der Waals surface area contributed by atoms with Gasteiger partial charge in [-0.1, -0.05) is 41.5 Å². The van der Waals surface area contributed by atoms with E-state index in [1.165, 1.54) is 6.92 Å². The van der Waals surface area contributed by atoms with Crippen LogP contribution in [0.15, 0.2) is 4.99 Å². The van der Waals surface area contributed by atoms with Crippen LogP contribution in [0.25, 0.3) is 0 Å². The molecule has 19 N–H and O–H groups in total. The van der Waals surface area contributed by atoms with Crippen LogP contribution in [0.3, 0.4) is 0 Å². The molecule has 0 aliphatic carbocycles. The molecule has 9 amide bonds. The molecule has 0 saturated heterocycles. The number of aliphatic hydroxyl groups excluding tert-OH is 2. The van der Waals surface area contributed by atoms with Crippen LogP contribution in [0, 0.1) is 17.8 Å². The molecule has 69 heavy (non-hydrogen) atoms. The van der Waals surface area contributed by atoms with Crippen LogP contribution in [0.1, 0.15) is 87.0 Å². The summed E-state index contributed by atoms with van der Waals surface area (Å²) in [6.07, 6.45) is -2.23. The number of rotatable bonds is 33. The van der Waals surface area contributed by atoms with Gasteiger partial charge in [0.05, 0.1) is 25.2 Å². The fourth-order valence-electron chi connectivity index (χ4n) is 6.31. The highest BCUT2D eigenvalue weighted by Gasteiger charge is 2.36. The van der Waals surface area contributed by atoms with Crippen LogP contribution in [0.2, 0.25) is 0 Å². The number of nitrogens with one attached hydrogen (secondary N) is 8. The molecular formula is C41H75N13O13S2. The van der Waals surface area contributed by atoms with E-state index in [-0.39, 0.29) is 73.9 Å². The smallest absolute Gasteiger partial charge is 0.327 e. The summed E-state index contributed by atoms with van der Waals surface area (Å²) in [6, 6.07) is -13.0. The third kappa shape index (κ3) is 25.1. The number of hydrogen-bond acceptors (Lipinski definition) is 16. The van der Waals surface area contributed by atoms with E-state index in [2.05, 4.69) is 72.8 Å². The van der Waals surface area contributed by atoms with Crippen LogP contribution < -0.4 is 65.5 Å². The van der Waals surface area contributed by atoms with E-state index in [0.717, 1.165) is 0 Å². The molecule has 0 rings (SSSR count). The van der Waals surface area contributed by atoms with Crippen molar-refractivity contribution in [3.8, 4) is 0 Å². The highest BCUT2D eigenvalue weighted by molar-refractivity contribution is 7.80. The zero-order valence-electron chi connectivity index (χ0n) is 40.2. The van der Waals surface area contributed by atoms with Crippen LogP contribution >= 0.6 is 25.3 Å². The molecular weight excluding hydrogens is 947 g/mol. The van der Waals surface area contributed by atoms with Crippen molar-refractivity contribution in [2.45, 2.75) is 147 Å². The van der Waals surface area contributed by atoms with Gasteiger partial charge < -0.3 is 80.8 Å². The first-order chi connectivity index (χ1) is 32.1. The van der Waals surface area contributed by atoms with Crippen molar-refractivity contribution in [1.29, 1.82) is 0 Å². The van der Waals surface area contributed by atoms with Crippen LogP contribution in [-0.2, 0) is 47.9 Å². The number of hydrogen-bond donors (Lipinski definition) is 17. The highest BCUT2D eigenvalue weighted by Crippen LogP contribution is 2.13. The van der Waals surface area contributed by atoms with Gasteiger partial charge in [0.2, 0.25) is 53.2 Å². The number of carbonyl (C=O) groups is 10. The zero-order valence-corrected chi connectivity index (χ0v) is 41.9. The lowest BCUT2D eigenvalue weighted by Gasteiger charge is -2.29. The maximum atomic E-state index is 14.0. The van der Waals surface area contributed by atoms with E-state index >= 15 is 0 Å². The predicted octanol–water partition coefficient (Wildman–Crippen LogP) is -5.42. The molecule has 26 nitrogen and oxygen atoms in total. The summed E-state index contributed by atoms with van der Waals surface area (Å²) in [7, 11) is 0. The second-order valence-electron chi connectivity index (χ2n) is 17.7. The van der Waals surface area contributed by atoms with Crippen molar-refractivity contribution in [3.05, 3.63) is 0 Å². The zero-order chi connectivity index (χ0) is 53.3. The third-order valence-electron chi connectivity index (χ3n) is 9.85. The molecule has 10 atom stereocenters. The summed E-state index contributed by atoms with van der Waals surface area (Å²) < 4.78 is 0. The molecule has 0 radical (unpaired) electrons. The van der Waals surface area contributed by atoms with Crippen molar-refractivity contribution < 1.29 is 63.3 Å². The molecule has 0 heterocycles. The number of primary amides is 1. The normalized spacial score (nSPS) is 15.6. The van der Waals surface area contributed by atoms with E-state index < -0.39 is 133 Å². The van der Waals surface area contributed by atoms with Gasteiger partial charge in [-0.25, -0.2) is 4.79 Å². The maximum Gasteiger partial charge on any atom is 0.327 e. The number of thiol groups is 2. The minimum atomic E-state index is -1.75. The molecule has 0 unspecified atom stereocenters. The lowest BCUT2D eigenvalue weighted by Crippen LogP contribution is -2.61. The number of amides is 9. The van der Waals surface area contributed by atoms with E-state index in [4.69, 9.17) is 22.9 Å². The largest absolute Gasteiger partial charge is 0.480 e. The number of carbonyl (C=O) groups excluding carboxylic acids is 9. The van der Waals surface area contributed by atoms with Crippen molar-refractivity contribution in [3.63, 3.8) is 0 Å². The Kier molecular flexibility index (Phi) is 29.8. The molecule has 0 fully saturated rings. The number of aliphatic imine (C=N–C) groups is 1. The second-order valence-corrected chi connectivity index (χ2v) is 18.4. The molecule has 394 valence electrons. The van der Waals surface area contributed by atoms with Gasteiger partial charge in [-0.2, -0.15) is 25.3 Å². The fraction of sp³-hybridized carbons (Fsp3) is 0.732. The minimum Gasteiger partial charge on any atom is -0.480 e. The molecule has 0 aliphatic rings. The summed E-state index contributed by atoms with van der Waals surface area (Å²) in [6.45, 7) is 10.8. The van der Waals surface area contributed by atoms with Gasteiger partial charge in [-0.05, 0) is 56.8 Å². The molecule has 0 aromatic heterocycles. The summed E-state index contributed by atoms with van der Waals surface area (Å²) in [5.74, 6) is -11.3. The number of aliphatic hydroxyl groups is 2. The average Bonchev–Trinajstić information content (AvgIpc) is 3.24. The third-order valence-corrected chi connectivity index (χ3v) is 10.6.